The van der Waals surface area contributed by atoms with Crippen LogP contribution in [0, 0.1) is 24.5 Å². The van der Waals surface area contributed by atoms with Gasteiger partial charge in [0.05, 0.1) is 11.7 Å². The van der Waals surface area contributed by atoms with Crippen molar-refractivity contribution in [3.05, 3.63) is 113 Å². The minimum atomic E-state index is -0.635. The van der Waals surface area contributed by atoms with Crippen molar-refractivity contribution >= 4 is 5.91 Å². The van der Waals surface area contributed by atoms with Crippen molar-refractivity contribution in [2.24, 2.45) is 11.7 Å². The van der Waals surface area contributed by atoms with Gasteiger partial charge in [-0.15, -0.1) is 0 Å². The number of carbonyl (C=O) groups is 1. The van der Waals surface area contributed by atoms with Crippen molar-refractivity contribution in [1.82, 2.24) is 14.5 Å². The molecule has 0 aliphatic rings. The maximum atomic E-state index is 14.0. The number of imidazole rings is 1. The zero-order valence-electron chi connectivity index (χ0n) is 22.1. The van der Waals surface area contributed by atoms with Crippen molar-refractivity contribution in [2.45, 2.75) is 39.8 Å². The van der Waals surface area contributed by atoms with Gasteiger partial charge in [0.25, 0.3) is 5.91 Å². The van der Waals surface area contributed by atoms with Crippen LogP contribution < -0.4 is 5.73 Å². The van der Waals surface area contributed by atoms with Crippen LogP contribution in [0.5, 0.6) is 0 Å². The first kappa shape index (κ1) is 27.2. The van der Waals surface area contributed by atoms with Crippen molar-refractivity contribution in [2.75, 3.05) is 13.1 Å². The predicted molar refractivity (Wildman–Crippen MR) is 147 cm³/mol. The zero-order chi connectivity index (χ0) is 27.2. The van der Waals surface area contributed by atoms with Gasteiger partial charge in [0, 0.05) is 36.5 Å². The summed E-state index contributed by atoms with van der Waals surface area (Å²) in [7, 11) is 0. The third kappa shape index (κ3) is 6.34. The first-order chi connectivity index (χ1) is 18.3. The van der Waals surface area contributed by atoms with Crippen LogP contribution in [0.15, 0.2) is 79.0 Å². The van der Waals surface area contributed by atoms with Crippen LogP contribution in [-0.4, -0.2) is 33.4 Å². The number of hydrogen-bond donors (Lipinski definition) is 1. The number of aromatic nitrogens is 2. The van der Waals surface area contributed by atoms with Gasteiger partial charge < -0.3 is 15.2 Å². The van der Waals surface area contributed by atoms with Gasteiger partial charge in [-0.25, -0.2) is 13.8 Å². The molecule has 0 saturated carbocycles. The third-order valence-electron chi connectivity index (χ3n) is 6.55. The number of aryl methyl sites for hydroxylation is 1. The summed E-state index contributed by atoms with van der Waals surface area (Å²) in [6.07, 6.45) is 2.52. The van der Waals surface area contributed by atoms with E-state index in [1.807, 2.05) is 91.0 Å². The zero-order valence-corrected chi connectivity index (χ0v) is 22.1. The molecule has 198 valence electrons. The van der Waals surface area contributed by atoms with E-state index in [9.17, 15) is 13.6 Å². The van der Waals surface area contributed by atoms with E-state index in [1.54, 1.807) is 0 Å². The van der Waals surface area contributed by atoms with Crippen LogP contribution in [0.2, 0.25) is 0 Å². The standard InChI is InChI=1S/C31H34F2N4O/c1-21(2)29(37(15-7-14-34)31(38)25-12-10-22(3)11-13-25)30-35-28(24-8-5-4-6-9-24)20-36(30)19-23-16-26(32)18-27(33)17-23/h4-6,8-13,16-18,20-21,29H,7,14-15,19,34H2,1-3H3. The molecule has 1 atom stereocenters. The average molecular weight is 517 g/mol. The smallest absolute Gasteiger partial charge is 0.254 e. The lowest BCUT2D eigenvalue weighted by molar-refractivity contribution is 0.0604. The summed E-state index contributed by atoms with van der Waals surface area (Å²) in [6.45, 7) is 7.17. The molecule has 2 N–H and O–H groups in total. The second-order valence-electron chi connectivity index (χ2n) is 9.95. The molecule has 0 aliphatic carbocycles. The summed E-state index contributed by atoms with van der Waals surface area (Å²) in [6, 6.07) is 20.4. The van der Waals surface area contributed by atoms with E-state index in [4.69, 9.17) is 10.7 Å². The highest BCUT2D eigenvalue weighted by molar-refractivity contribution is 5.94. The maximum Gasteiger partial charge on any atom is 0.254 e. The topological polar surface area (TPSA) is 64.2 Å². The van der Waals surface area contributed by atoms with Gasteiger partial charge >= 0.3 is 0 Å². The highest BCUT2D eigenvalue weighted by Gasteiger charge is 2.32. The fourth-order valence-electron chi connectivity index (χ4n) is 4.73. The normalized spacial score (nSPS) is 12.1. The molecule has 1 amide bonds. The molecule has 38 heavy (non-hydrogen) atoms. The molecular weight excluding hydrogens is 482 g/mol. The lowest BCUT2D eigenvalue weighted by Gasteiger charge is -2.34. The Bertz CT molecular complexity index is 1350. The van der Waals surface area contributed by atoms with E-state index in [-0.39, 0.29) is 18.4 Å². The molecule has 0 fully saturated rings. The van der Waals surface area contributed by atoms with E-state index in [1.165, 1.54) is 12.1 Å². The summed E-state index contributed by atoms with van der Waals surface area (Å²) in [5.74, 6) is -0.726. The van der Waals surface area contributed by atoms with Crippen molar-refractivity contribution in [1.29, 1.82) is 0 Å². The van der Waals surface area contributed by atoms with E-state index in [0.717, 1.165) is 22.9 Å². The predicted octanol–water partition coefficient (Wildman–Crippen LogP) is 6.37. The minimum absolute atomic E-state index is 0.00353. The lowest BCUT2D eigenvalue weighted by Crippen LogP contribution is -2.40. The highest BCUT2D eigenvalue weighted by Crippen LogP contribution is 2.33. The van der Waals surface area contributed by atoms with Gasteiger partial charge in [-0.1, -0.05) is 61.9 Å². The molecule has 1 aromatic heterocycles. The summed E-state index contributed by atoms with van der Waals surface area (Å²) in [5.41, 5.74) is 9.64. The molecule has 0 spiro atoms. The maximum absolute atomic E-state index is 14.0. The first-order valence-electron chi connectivity index (χ1n) is 12.9. The van der Waals surface area contributed by atoms with Crippen molar-refractivity contribution in [3.8, 4) is 11.3 Å². The van der Waals surface area contributed by atoms with Gasteiger partial charge in [0.15, 0.2) is 0 Å². The molecular formula is C31H34F2N4O. The van der Waals surface area contributed by atoms with E-state index in [0.29, 0.717) is 36.5 Å². The molecule has 0 aliphatic heterocycles. The Balaban J connectivity index is 1.83. The van der Waals surface area contributed by atoms with Crippen LogP contribution in [0.4, 0.5) is 8.78 Å². The fourth-order valence-corrected chi connectivity index (χ4v) is 4.73. The number of nitrogens with two attached hydrogens (primary N) is 1. The third-order valence-corrected chi connectivity index (χ3v) is 6.55. The summed E-state index contributed by atoms with van der Waals surface area (Å²) in [4.78, 5) is 20.7. The highest BCUT2D eigenvalue weighted by atomic mass is 19.1. The van der Waals surface area contributed by atoms with Gasteiger partial charge in [-0.3, -0.25) is 4.79 Å². The van der Waals surface area contributed by atoms with Gasteiger partial charge in [0.2, 0.25) is 0 Å². The van der Waals surface area contributed by atoms with Crippen LogP contribution in [0.3, 0.4) is 0 Å². The summed E-state index contributed by atoms with van der Waals surface area (Å²) >= 11 is 0. The molecule has 3 aromatic carbocycles. The Morgan fingerprint density at radius 1 is 1.00 bits per heavy atom. The van der Waals surface area contributed by atoms with Crippen LogP contribution in [0.25, 0.3) is 11.3 Å². The SMILES string of the molecule is Cc1ccc(C(=O)N(CCCN)C(c2nc(-c3ccccc3)cn2Cc2cc(F)cc(F)c2)C(C)C)cc1. The van der Waals surface area contributed by atoms with Gasteiger partial charge in [-0.05, 0) is 55.6 Å². The number of rotatable bonds is 10. The van der Waals surface area contributed by atoms with Crippen LogP contribution in [-0.2, 0) is 6.54 Å². The molecule has 0 saturated heterocycles. The molecule has 5 nitrogen and oxygen atoms in total. The monoisotopic (exact) mass is 516 g/mol. The van der Waals surface area contributed by atoms with Gasteiger partial charge in [-0.2, -0.15) is 0 Å². The summed E-state index contributed by atoms with van der Waals surface area (Å²) in [5, 5.41) is 0. The largest absolute Gasteiger partial charge is 0.330 e. The number of amides is 1. The molecule has 4 aromatic rings. The van der Waals surface area contributed by atoms with Crippen molar-refractivity contribution < 1.29 is 13.6 Å². The van der Waals surface area contributed by atoms with Crippen LogP contribution >= 0.6 is 0 Å². The Kier molecular flexibility index (Phi) is 8.69. The molecule has 0 bridgehead atoms. The molecule has 1 heterocycles. The minimum Gasteiger partial charge on any atom is -0.330 e. The average Bonchev–Trinajstić information content (AvgIpc) is 3.29. The van der Waals surface area contributed by atoms with Crippen molar-refractivity contribution in [3.63, 3.8) is 0 Å². The molecule has 1 unspecified atom stereocenters. The number of benzene rings is 3. The van der Waals surface area contributed by atoms with E-state index < -0.39 is 17.7 Å². The Morgan fingerprint density at radius 2 is 1.66 bits per heavy atom. The molecule has 4 rings (SSSR count). The molecule has 7 heteroatoms. The fraction of sp³-hybridized carbons (Fsp3) is 0.290. The summed E-state index contributed by atoms with van der Waals surface area (Å²) < 4.78 is 30.0. The second-order valence-corrected chi connectivity index (χ2v) is 9.95. The Hall–Kier alpha value is -3.84. The Labute approximate surface area is 222 Å². The van der Waals surface area contributed by atoms with E-state index >= 15 is 0 Å². The second kappa shape index (κ2) is 12.1. The number of nitrogens with zero attached hydrogens (tertiary/aromatic N) is 3. The lowest BCUT2D eigenvalue weighted by atomic mass is 9.99. The number of hydrogen-bond acceptors (Lipinski definition) is 3. The number of halogens is 2. The van der Waals surface area contributed by atoms with Crippen LogP contribution in [0.1, 0.15) is 53.6 Å². The quantitative estimate of drug-likeness (QED) is 0.266. The van der Waals surface area contributed by atoms with Gasteiger partial charge in [0.1, 0.15) is 17.5 Å². The number of carbonyl (C=O) groups excluding carboxylic acids is 1. The van der Waals surface area contributed by atoms with E-state index in [2.05, 4.69) is 0 Å². The Morgan fingerprint density at radius 3 is 2.26 bits per heavy atom. The molecule has 0 radical (unpaired) electrons. The first-order valence-corrected chi connectivity index (χ1v) is 12.9.